The molecule has 0 heterocycles. The summed E-state index contributed by atoms with van der Waals surface area (Å²) in [7, 11) is -2.78. The molecule has 9 heteroatoms. The summed E-state index contributed by atoms with van der Waals surface area (Å²) in [6.07, 6.45) is 0. The number of nitro groups is 1. The third-order valence-electron chi connectivity index (χ3n) is 1.82. The largest absolute Gasteiger partial charge is 0.530 e. The number of hydrogen-bond donors (Lipinski definition) is 0. The number of rotatable bonds is 7. The van der Waals surface area contributed by atoms with Crippen LogP contribution in [-0.4, -0.2) is 24.5 Å². The van der Waals surface area contributed by atoms with E-state index in [9.17, 15) is 14.7 Å². The van der Waals surface area contributed by atoms with Crippen molar-refractivity contribution in [2.75, 3.05) is 19.6 Å². The molecule has 0 saturated carbocycles. The molecular weight excluding hydrogens is 285 g/mol. The Morgan fingerprint density at radius 1 is 1.44 bits per heavy atom. The van der Waals surface area contributed by atoms with Crippen molar-refractivity contribution in [1.82, 2.24) is 0 Å². The number of halogens is 1. The number of para-hydroxylation sites is 2. The van der Waals surface area contributed by atoms with Gasteiger partial charge in [-0.1, -0.05) is 12.1 Å². The molecule has 0 aliphatic heterocycles. The maximum Gasteiger partial charge on any atom is 0.530 e. The molecule has 0 spiro atoms. The minimum Gasteiger partial charge on any atom is -0.397 e. The molecule has 1 rings (SSSR count). The average Bonchev–Trinajstić information content (AvgIpc) is 2.37. The number of nitro benzene ring substituents is 1. The predicted molar refractivity (Wildman–Crippen MR) is 65.0 cm³/mol. The van der Waals surface area contributed by atoms with E-state index in [1.807, 2.05) is 0 Å². The SMILES string of the molecule is COP(=O)(OCCCl)Oc1ccccc1[N+](=O)[O-]. The first-order valence-electron chi connectivity index (χ1n) is 4.81. The summed E-state index contributed by atoms with van der Waals surface area (Å²) in [5, 5.41) is 10.7. The molecule has 1 atom stereocenters. The summed E-state index contributed by atoms with van der Waals surface area (Å²) in [6.45, 7) is -0.0622. The number of phosphoric ester groups is 1. The predicted octanol–water partition coefficient (Wildman–Crippen LogP) is 2.98. The first-order chi connectivity index (χ1) is 8.52. The van der Waals surface area contributed by atoms with Crippen LogP contribution in [0.25, 0.3) is 0 Å². The molecule has 100 valence electrons. The maximum atomic E-state index is 11.9. The topological polar surface area (TPSA) is 87.9 Å². The Morgan fingerprint density at radius 3 is 2.67 bits per heavy atom. The van der Waals surface area contributed by atoms with E-state index in [-0.39, 0.29) is 23.9 Å². The van der Waals surface area contributed by atoms with Crippen LogP contribution in [0, 0.1) is 10.1 Å². The van der Waals surface area contributed by atoms with Crippen molar-refractivity contribution in [2.24, 2.45) is 0 Å². The summed E-state index contributed by atoms with van der Waals surface area (Å²) in [5.41, 5.74) is -0.329. The van der Waals surface area contributed by atoms with Gasteiger partial charge < -0.3 is 4.52 Å². The highest BCUT2D eigenvalue weighted by Crippen LogP contribution is 2.50. The Morgan fingerprint density at radius 2 is 2.11 bits per heavy atom. The van der Waals surface area contributed by atoms with Crippen LogP contribution in [0.1, 0.15) is 0 Å². The lowest BCUT2D eigenvalue weighted by Gasteiger charge is -2.15. The molecule has 1 aromatic carbocycles. The summed E-state index contributed by atoms with van der Waals surface area (Å²) < 4.78 is 26.3. The number of benzene rings is 1. The zero-order chi connectivity index (χ0) is 13.6. The zero-order valence-corrected chi connectivity index (χ0v) is 11.1. The van der Waals surface area contributed by atoms with E-state index in [4.69, 9.17) is 20.6 Å². The van der Waals surface area contributed by atoms with Gasteiger partial charge in [0.1, 0.15) is 0 Å². The third-order valence-corrected chi connectivity index (χ3v) is 3.34. The van der Waals surface area contributed by atoms with Crippen molar-refractivity contribution in [2.45, 2.75) is 0 Å². The van der Waals surface area contributed by atoms with Crippen LogP contribution in [-0.2, 0) is 13.6 Å². The standard InChI is InChI=1S/C9H11ClNO6P/c1-15-18(14,16-7-6-10)17-9-5-3-2-4-8(9)11(12)13/h2-5H,6-7H2,1H3. The van der Waals surface area contributed by atoms with Crippen molar-refractivity contribution >= 4 is 25.1 Å². The average molecular weight is 296 g/mol. The molecule has 7 nitrogen and oxygen atoms in total. The fraction of sp³-hybridized carbons (Fsp3) is 0.333. The molecule has 0 amide bonds. The Bertz CT molecular complexity index is 468. The van der Waals surface area contributed by atoms with Gasteiger partial charge in [0.05, 0.1) is 11.5 Å². The minimum absolute atomic E-state index is 0.0622. The van der Waals surface area contributed by atoms with Crippen LogP contribution in [0.5, 0.6) is 5.75 Å². The molecule has 0 bridgehead atoms. The Kier molecular flexibility index (Phi) is 5.55. The maximum absolute atomic E-state index is 11.9. The molecule has 0 radical (unpaired) electrons. The van der Waals surface area contributed by atoms with Crippen molar-refractivity contribution in [3.05, 3.63) is 34.4 Å². The van der Waals surface area contributed by atoms with Crippen LogP contribution in [0.3, 0.4) is 0 Å². The zero-order valence-electron chi connectivity index (χ0n) is 9.45. The fourth-order valence-electron chi connectivity index (χ4n) is 1.07. The smallest absolute Gasteiger partial charge is 0.397 e. The lowest BCUT2D eigenvalue weighted by atomic mass is 10.3. The van der Waals surface area contributed by atoms with Crippen molar-refractivity contribution in [3.63, 3.8) is 0 Å². The number of nitrogens with zero attached hydrogens (tertiary/aromatic N) is 1. The number of hydrogen-bond acceptors (Lipinski definition) is 6. The molecule has 1 aromatic rings. The summed E-state index contributed by atoms with van der Waals surface area (Å²) in [5.74, 6) is -0.101. The molecule has 0 aliphatic carbocycles. The van der Waals surface area contributed by atoms with Gasteiger partial charge in [0, 0.05) is 19.1 Å². The van der Waals surface area contributed by atoms with Gasteiger partial charge in [0.2, 0.25) is 5.75 Å². The van der Waals surface area contributed by atoms with Gasteiger partial charge in [0.25, 0.3) is 0 Å². The highest BCUT2D eigenvalue weighted by Gasteiger charge is 2.30. The Balaban J connectivity index is 2.94. The highest BCUT2D eigenvalue weighted by atomic mass is 35.5. The third kappa shape index (κ3) is 3.96. The summed E-state index contributed by atoms with van der Waals surface area (Å²) in [6, 6.07) is 5.48. The van der Waals surface area contributed by atoms with Gasteiger partial charge in [0.15, 0.2) is 0 Å². The van der Waals surface area contributed by atoms with E-state index >= 15 is 0 Å². The van der Waals surface area contributed by atoms with Crippen molar-refractivity contribution in [1.29, 1.82) is 0 Å². The summed E-state index contributed by atoms with van der Waals surface area (Å²) >= 11 is 5.38. The first kappa shape index (κ1) is 14.9. The first-order valence-corrected chi connectivity index (χ1v) is 6.81. The van der Waals surface area contributed by atoms with E-state index in [1.54, 1.807) is 0 Å². The van der Waals surface area contributed by atoms with Crippen LogP contribution < -0.4 is 4.52 Å². The second-order valence-corrected chi connectivity index (χ2v) is 5.05. The quantitative estimate of drug-likeness (QED) is 0.332. The molecule has 18 heavy (non-hydrogen) atoms. The second kappa shape index (κ2) is 6.70. The van der Waals surface area contributed by atoms with Gasteiger partial charge in [-0.25, -0.2) is 4.57 Å². The van der Waals surface area contributed by atoms with Gasteiger partial charge >= 0.3 is 13.5 Å². The molecule has 0 N–H and O–H groups in total. The lowest BCUT2D eigenvalue weighted by Crippen LogP contribution is -2.03. The van der Waals surface area contributed by atoms with Crippen molar-refractivity contribution < 1.29 is 23.1 Å². The Labute approximate surface area is 108 Å². The van der Waals surface area contributed by atoms with Gasteiger partial charge in [-0.2, -0.15) is 0 Å². The van der Waals surface area contributed by atoms with Crippen LogP contribution >= 0.6 is 19.4 Å². The van der Waals surface area contributed by atoms with Crippen molar-refractivity contribution in [3.8, 4) is 5.75 Å². The second-order valence-electron chi connectivity index (χ2n) is 2.97. The number of phosphoric acid groups is 1. The molecule has 1 unspecified atom stereocenters. The van der Waals surface area contributed by atoms with E-state index in [2.05, 4.69) is 4.52 Å². The van der Waals surface area contributed by atoms with E-state index < -0.39 is 12.7 Å². The molecule has 0 aliphatic rings. The van der Waals surface area contributed by atoms with Crippen LogP contribution in [0.4, 0.5) is 5.69 Å². The molecule has 0 aromatic heterocycles. The van der Waals surface area contributed by atoms with Crippen LogP contribution in [0.15, 0.2) is 24.3 Å². The monoisotopic (exact) mass is 295 g/mol. The lowest BCUT2D eigenvalue weighted by molar-refractivity contribution is -0.385. The highest BCUT2D eigenvalue weighted by molar-refractivity contribution is 7.48. The van der Waals surface area contributed by atoms with E-state index in [1.165, 1.54) is 24.3 Å². The molecule has 0 fully saturated rings. The van der Waals surface area contributed by atoms with Gasteiger partial charge in [-0.3, -0.25) is 19.2 Å². The normalized spacial score (nSPS) is 13.9. The molecular formula is C9H11ClNO6P. The number of alkyl halides is 1. The van der Waals surface area contributed by atoms with E-state index in [0.717, 1.165) is 7.11 Å². The Hall–Kier alpha value is -1.14. The minimum atomic E-state index is -3.89. The van der Waals surface area contributed by atoms with Gasteiger partial charge in [-0.05, 0) is 6.07 Å². The van der Waals surface area contributed by atoms with Gasteiger partial charge in [-0.15, -0.1) is 11.6 Å². The van der Waals surface area contributed by atoms with Crippen LogP contribution in [0.2, 0.25) is 0 Å². The fourth-order valence-corrected chi connectivity index (χ4v) is 2.20. The summed E-state index contributed by atoms with van der Waals surface area (Å²) in [4.78, 5) is 10.1. The molecule has 0 saturated heterocycles. The van der Waals surface area contributed by atoms with E-state index in [0.29, 0.717) is 0 Å².